The van der Waals surface area contributed by atoms with Crippen molar-refractivity contribution in [1.29, 1.82) is 0 Å². The average molecular weight is 271 g/mol. The van der Waals surface area contributed by atoms with E-state index < -0.39 is 0 Å². The molecule has 0 radical (unpaired) electrons. The summed E-state index contributed by atoms with van der Waals surface area (Å²) in [7, 11) is 0. The third-order valence-electron chi connectivity index (χ3n) is 3.37. The Labute approximate surface area is 120 Å². The number of fused-ring (bicyclic) bond motifs is 1. The second kappa shape index (κ2) is 7.04. The molecule has 0 amide bonds. The van der Waals surface area contributed by atoms with Crippen molar-refractivity contribution in [2.75, 3.05) is 0 Å². The van der Waals surface area contributed by atoms with Gasteiger partial charge < -0.3 is 4.74 Å². The minimum Gasteiger partial charge on any atom is -0.458 e. The van der Waals surface area contributed by atoms with Crippen molar-refractivity contribution in [3.8, 4) is 0 Å². The molecule has 1 atom stereocenters. The molecule has 106 valence electrons. The Kier molecular flexibility index (Phi) is 5.10. The number of para-hydroxylation sites is 1. The van der Waals surface area contributed by atoms with Gasteiger partial charge in [0.1, 0.15) is 6.10 Å². The van der Waals surface area contributed by atoms with Gasteiger partial charge in [-0.1, -0.05) is 38.0 Å². The number of rotatable bonds is 6. The van der Waals surface area contributed by atoms with Crippen molar-refractivity contribution in [3.63, 3.8) is 0 Å². The van der Waals surface area contributed by atoms with Crippen LogP contribution in [-0.4, -0.2) is 11.0 Å². The summed E-state index contributed by atoms with van der Waals surface area (Å²) in [6.45, 7) is 4.01. The summed E-state index contributed by atoms with van der Waals surface area (Å²) in [5.41, 5.74) is 1.89. The smallest absolute Gasteiger partial charge is 0.306 e. The molecule has 0 aliphatic rings. The van der Waals surface area contributed by atoms with Crippen LogP contribution in [-0.2, 0) is 9.53 Å². The molecule has 0 N–H and O–H groups in total. The summed E-state index contributed by atoms with van der Waals surface area (Å²) >= 11 is 0. The predicted molar refractivity (Wildman–Crippen MR) is 80.4 cm³/mol. The number of hydrogen-bond donors (Lipinski definition) is 0. The molecule has 1 unspecified atom stereocenters. The van der Waals surface area contributed by atoms with Crippen molar-refractivity contribution in [1.82, 2.24) is 4.98 Å². The van der Waals surface area contributed by atoms with Gasteiger partial charge in [0.15, 0.2) is 0 Å². The van der Waals surface area contributed by atoms with Crippen LogP contribution in [0, 0.1) is 0 Å². The van der Waals surface area contributed by atoms with Gasteiger partial charge in [-0.2, -0.15) is 0 Å². The third kappa shape index (κ3) is 3.80. The fourth-order valence-electron chi connectivity index (χ4n) is 2.15. The molecule has 0 saturated carbocycles. The number of aromatic nitrogens is 1. The summed E-state index contributed by atoms with van der Waals surface area (Å²) in [4.78, 5) is 16.1. The number of esters is 1. The zero-order valence-corrected chi connectivity index (χ0v) is 12.1. The number of carbonyl (C=O) groups is 1. The van der Waals surface area contributed by atoms with Crippen molar-refractivity contribution in [3.05, 3.63) is 42.1 Å². The van der Waals surface area contributed by atoms with Gasteiger partial charge in [-0.3, -0.25) is 9.78 Å². The molecule has 2 rings (SSSR count). The second-order valence-corrected chi connectivity index (χ2v) is 5.05. The first-order chi connectivity index (χ1) is 9.70. The Hall–Kier alpha value is -1.90. The lowest BCUT2D eigenvalue weighted by Crippen LogP contribution is -2.08. The van der Waals surface area contributed by atoms with E-state index >= 15 is 0 Å². The molecule has 1 aromatic heterocycles. The molecule has 1 aromatic carbocycles. The van der Waals surface area contributed by atoms with Crippen LogP contribution in [0.5, 0.6) is 0 Å². The molecule has 20 heavy (non-hydrogen) atoms. The van der Waals surface area contributed by atoms with Crippen molar-refractivity contribution < 1.29 is 9.53 Å². The summed E-state index contributed by atoms with van der Waals surface area (Å²) in [6.07, 6.45) is 5.11. The standard InChI is InChI=1S/C17H21NO2/c1-3-4-5-10-17(19)20-13(2)15-11-14-8-6-7-9-16(14)18-12-15/h6-9,11-13H,3-5,10H2,1-2H3. The number of ether oxygens (including phenoxy) is 1. The Morgan fingerprint density at radius 1 is 1.30 bits per heavy atom. The van der Waals surface area contributed by atoms with Gasteiger partial charge in [0.25, 0.3) is 0 Å². The van der Waals surface area contributed by atoms with Gasteiger partial charge in [-0.25, -0.2) is 0 Å². The van der Waals surface area contributed by atoms with E-state index in [0.717, 1.165) is 35.7 Å². The number of benzene rings is 1. The van der Waals surface area contributed by atoms with Crippen LogP contribution in [0.4, 0.5) is 0 Å². The Balaban J connectivity index is 2.00. The first kappa shape index (κ1) is 14.5. The summed E-state index contributed by atoms with van der Waals surface area (Å²) in [6, 6.07) is 9.97. The molecule has 0 spiro atoms. The SMILES string of the molecule is CCCCCC(=O)OC(C)c1cnc2ccccc2c1. The number of hydrogen-bond acceptors (Lipinski definition) is 3. The van der Waals surface area contributed by atoms with E-state index in [1.165, 1.54) is 0 Å². The first-order valence-corrected chi connectivity index (χ1v) is 7.25. The van der Waals surface area contributed by atoms with Crippen LogP contribution in [0.3, 0.4) is 0 Å². The molecule has 0 aliphatic carbocycles. The normalized spacial score (nSPS) is 12.3. The van der Waals surface area contributed by atoms with Crippen LogP contribution >= 0.6 is 0 Å². The topological polar surface area (TPSA) is 39.2 Å². The first-order valence-electron chi connectivity index (χ1n) is 7.25. The molecule has 0 bridgehead atoms. The summed E-state index contributed by atoms with van der Waals surface area (Å²) in [5, 5.41) is 1.07. The lowest BCUT2D eigenvalue weighted by atomic mass is 10.1. The van der Waals surface area contributed by atoms with E-state index in [1.54, 1.807) is 6.20 Å². The number of pyridine rings is 1. The van der Waals surface area contributed by atoms with E-state index in [-0.39, 0.29) is 12.1 Å². The van der Waals surface area contributed by atoms with Crippen molar-refractivity contribution in [2.24, 2.45) is 0 Å². The molecule has 3 nitrogen and oxygen atoms in total. The molecule has 0 aliphatic heterocycles. The lowest BCUT2D eigenvalue weighted by Gasteiger charge is -2.13. The summed E-state index contributed by atoms with van der Waals surface area (Å²) in [5.74, 6) is -0.126. The third-order valence-corrected chi connectivity index (χ3v) is 3.37. The minimum atomic E-state index is -0.249. The number of unbranched alkanes of at least 4 members (excludes halogenated alkanes) is 2. The largest absolute Gasteiger partial charge is 0.458 e. The van der Waals surface area contributed by atoms with E-state index in [2.05, 4.69) is 11.9 Å². The maximum absolute atomic E-state index is 11.7. The number of carbonyl (C=O) groups excluding carboxylic acids is 1. The Morgan fingerprint density at radius 3 is 2.90 bits per heavy atom. The maximum Gasteiger partial charge on any atom is 0.306 e. The highest BCUT2D eigenvalue weighted by Crippen LogP contribution is 2.21. The number of nitrogens with zero attached hydrogens (tertiary/aromatic N) is 1. The van der Waals surface area contributed by atoms with Gasteiger partial charge >= 0.3 is 5.97 Å². The van der Waals surface area contributed by atoms with Crippen LogP contribution in [0.15, 0.2) is 36.5 Å². The minimum absolute atomic E-state index is 0.126. The lowest BCUT2D eigenvalue weighted by molar-refractivity contribution is -0.148. The molecule has 3 heteroatoms. The quantitative estimate of drug-likeness (QED) is 0.576. The Bertz CT molecular complexity index is 580. The highest BCUT2D eigenvalue weighted by atomic mass is 16.5. The monoisotopic (exact) mass is 271 g/mol. The molecular weight excluding hydrogens is 250 g/mol. The fraction of sp³-hybridized carbons (Fsp3) is 0.412. The van der Waals surface area contributed by atoms with E-state index in [1.807, 2.05) is 37.3 Å². The van der Waals surface area contributed by atoms with Crippen LogP contribution in [0.25, 0.3) is 10.9 Å². The second-order valence-electron chi connectivity index (χ2n) is 5.05. The van der Waals surface area contributed by atoms with Crippen LogP contribution < -0.4 is 0 Å². The van der Waals surface area contributed by atoms with Gasteiger partial charge in [0.05, 0.1) is 5.52 Å². The fourth-order valence-corrected chi connectivity index (χ4v) is 2.15. The van der Waals surface area contributed by atoms with E-state index in [0.29, 0.717) is 6.42 Å². The Morgan fingerprint density at radius 2 is 2.10 bits per heavy atom. The maximum atomic E-state index is 11.7. The van der Waals surface area contributed by atoms with E-state index in [9.17, 15) is 4.79 Å². The molecule has 1 heterocycles. The molecular formula is C17H21NO2. The summed E-state index contributed by atoms with van der Waals surface area (Å²) < 4.78 is 5.45. The highest BCUT2D eigenvalue weighted by Gasteiger charge is 2.12. The van der Waals surface area contributed by atoms with Crippen LogP contribution in [0.1, 0.15) is 51.2 Å². The molecule has 0 fully saturated rings. The zero-order valence-electron chi connectivity index (χ0n) is 12.1. The van der Waals surface area contributed by atoms with Gasteiger partial charge in [-0.15, -0.1) is 0 Å². The predicted octanol–water partition coefficient (Wildman–Crippen LogP) is 4.42. The van der Waals surface area contributed by atoms with Gasteiger partial charge in [0, 0.05) is 23.6 Å². The average Bonchev–Trinajstić information content (AvgIpc) is 2.47. The van der Waals surface area contributed by atoms with Crippen molar-refractivity contribution in [2.45, 2.75) is 45.6 Å². The molecule has 0 saturated heterocycles. The van der Waals surface area contributed by atoms with E-state index in [4.69, 9.17) is 4.74 Å². The highest BCUT2D eigenvalue weighted by molar-refractivity contribution is 5.79. The van der Waals surface area contributed by atoms with Gasteiger partial charge in [-0.05, 0) is 25.5 Å². The van der Waals surface area contributed by atoms with Crippen molar-refractivity contribution >= 4 is 16.9 Å². The molecule has 2 aromatic rings. The van der Waals surface area contributed by atoms with Gasteiger partial charge in [0.2, 0.25) is 0 Å². The van der Waals surface area contributed by atoms with Crippen LogP contribution in [0.2, 0.25) is 0 Å². The zero-order chi connectivity index (χ0) is 14.4.